The minimum atomic E-state index is -4.77. The largest absolute Gasteiger partial charge is 0.380 e. The second-order valence-electron chi connectivity index (χ2n) is 12.7. The van der Waals surface area contributed by atoms with E-state index < -0.39 is 18.6 Å². The Kier molecular flexibility index (Phi) is 4.71. The molecular weight excluding hydrogens is 461 g/mol. The number of nitrogens with zero attached hydrogens (tertiary/aromatic N) is 3. The predicted octanol–water partition coefficient (Wildman–Crippen LogP) is 3.83. The average molecular weight is 498 g/mol. The highest BCUT2D eigenvalue weighted by molar-refractivity contribution is 7.59. The number of aromatic nitrogens is 2. The van der Waals surface area contributed by atoms with Crippen molar-refractivity contribution in [3.8, 4) is 0 Å². The third kappa shape index (κ3) is 3.05. The molecule has 2 saturated heterocycles. The normalized spacial score (nSPS) is 39.3. The summed E-state index contributed by atoms with van der Waals surface area (Å²) in [5, 5.41) is 0. The molecule has 5 aliphatic rings. The molecule has 5 fully saturated rings. The number of rotatable bonds is 5. The number of piperidine rings is 2. The van der Waals surface area contributed by atoms with Gasteiger partial charge in [-0.15, -0.1) is 0 Å². The molecule has 7 atom stereocenters. The van der Waals surface area contributed by atoms with Gasteiger partial charge in [-0.1, -0.05) is 32.4 Å². The van der Waals surface area contributed by atoms with E-state index in [9.17, 15) is 19.1 Å². The lowest BCUT2D eigenvalue weighted by Gasteiger charge is -2.50. The molecule has 0 radical (unpaired) electrons. The molecule has 2 unspecified atom stereocenters. The smallest absolute Gasteiger partial charge is 0.320 e. The van der Waals surface area contributed by atoms with Crippen molar-refractivity contribution in [1.82, 2.24) is 14.5 Å². The zero-order valence-electron chi connectivity index (χ0n) is 20.6. The summed E-state index contributed by atoms with van der Waals surface area (Å²) < 4.78 is 13.8. The molecule has 2 bridgehead atoms. The van der Waals surface area contributed by atoms with Crippen molar-refractivity contribution in [1.29, 1.82) is 0 Å². The molecule has 2 N–H and O–H groups in total. The van der Waals surface area contributed by atoms with E-state index in [0.717, 1.165) is 50.0 Å². The Labute approximate surface area is 206 Å². The number of para-hydroxylation sites is 2. The summed E-state index contributed by atoms with van der Waals surface area (Å²) in [4.78, 5) is 39.9. The van der Waals surface area contributed by atoms with Crippen molar-refractivity contribution in [2.45, 2.75) is 83.3 Å². The van der Waals surface area contributed by atoms with Crippen LogP contribution in [0.25, 0.3) is 11.0 Å². The number of fused-ring (bicyclic) bond motifs is 4. The first-order valence-electron chi connectivity index (χ1n) is 13.5. The fraction of sp³-hybridized carbons (Fsp3) is 0.704. The predicted molar refractivity (Wildman–Crippen MR) is 135 cm³/mol. The third-order valence-electron chi connectivity index (χ3n) is 11.0. The van der Waals surface area contributed by atoms with Crippen LogP contribution in [-0.4, -0.2) is 42.9 Å². The average Bonchev–Trinajstić information content (AvgIpc) is 3.27. The maximum atomic E-state index is 13.4. The topological polar surface area (TPSA) is 95.7 Å². The van der Waals surface area contributed by atoms with Gasteiger partial charge in [-0.2, -0.15) is 0 Å². The Morgan fingerprint density at radius 3 is 2.43 bits per heavy atom. The highest BCUT2D eigenvalue weighted by Crippen LogP contribution is 2.88. The molecular formula is C27H36N3O4P. The number of hydrogen-bond acceptors (Lipinski definition) is 4. The highest BCUT2D eigenvalue weighted by atomic mass is 31.2. The zero-order chi connectivity index (χ0) is 24.3. The Hall–Kier alpha value is -1.53. The lowest BCUT2D eigenvalue weighted by molar-refractivity contribution is 0.00638. The lowest BCUT2D eigenvalue weighted by Crippen LogP contribution is -2.54. The first-order valence-corrected chi connectivity index (χ1v) is 15.1. The van der Waals surface area contributed by atoms with Crippen LogP contribution in [0.3, 0.4) is 0 Å². The first-order chi connectivity index (χ1) is 16.6. The monoisotopic (exact) mass is 497 g/mol. The van der Waals surface area contributed by atoms with E-state index in [0.29, 0.717) is 33.9 Å². The van der Waals surface area contributed by atoms with Gasteiger partial charge in [0.05, 0.1) is 11.0 Å². The molecule has 2 aromatic rings. The molecule has 0 spiro atoms. The van der Waals surface area contributed by atoms with Crippen LogP contribution in [0.5, 0.6) is 0 Å². The minimum absolute atomic E-state index is 0.0580. The molecule has 2 aliphatic heterocycles. The van der Waals surface area contributed by atoms with Gasteiger partial charge < -0.3 is 14.4 Å². The Bertz CT molecular complexity index is 1300. The summed E-state index contributed by atoms with van der Waals surface area (Å²) in [6.07, 6.45) is 9.39. The Morgan fingerprint density at radius 2 is 1.80 bits per heavy atom. The number of hydrogen-bond donors (Lipinski definition) is 2. The van der Waals surface area contributed by atoms with Crippen molar-refractivity contribution in [2.75, 3.05) is 6.54 Å². The minimum Gasteiger partial charge on any atom is -0.320 e. The molecule has 8 heteroatoms. The van der Waals surface area contributed by atoms with Gasteiger partial charge in [0.15, 0.2) is 0 Å². The molecule has 0 amide bonds. The van der Waals surface area contributed by atoms with Gasteiger partial charge in [0.1, 0.15) is 0 Å². The van der Waals surface area contributed by atoms with E-state index in [1.807, 2.05) is 12.1 Å². The van der Waals surface area contributed by atoms with Crippen LogP contribution in [-0.2, 0) is 4.57 Å². The van der Waals surface area contributed by atoms with Crippen molar-refractivity contribution in [2.24, 2.45) is 28.6 Å². The van der Waals surface area contributed by atoms with E-state index in [2.05, 4.69) is 23.7 Å². The van der Waals surface area contributed by atoms with Gasteiger partial charge >= 0.3 is 7.60 Å². The molecule has 3 saturated carbocycles. The van der Waals surface area contributed by atoms with E-state index in [1.165, 1.54) is 25.7 Å². The van der Waals surface area contributed by atoms with Crippen molar-refractivity contribution in [3.63, 3.8) is 0 Å². The molecule has 35 heavy (non-hydrogen) atoms. The van der Waals surface area contributed by atoms with E-state index >= 15 is 0 Å². The van der Waals surface area contributed by atoms with Crippen LogP contribution >= 0.6 is 7.60 Å². The van der Waals surface area contributed by atoms with Gasteiger partial charge in [-0.25, -0.2) is 4.98 Å². The van der Waals surface area contributed by atoms with Crippen LogP contribution in [0.2, 0.25) is 0 Å². The SMILES string of the molecule is CC1(C)[C@H]2C3[C@@H]1CC[C@@]32CCN1[C@@H]2CCC[C@H]1CC(n1c(=O)c(P(=O)(O)O)nc3ccccc31)C2. The summed E-state index contributed by atoms with van der Waals surface area (Å²) in [6.45, 7) is 6.14. The molecule has 1 aromatic carbocycles. The lowest BCUT2D eigenvalue weighted by atomic mass is 9.60. The zero-order valence-corrected chi connectivity index (χ0v) is 21.5. The quantitative estimate of drug-likeness (QED) is 0.610. The standard InChI is InChI=1S/C27H36N3O4P/c1-26(2)19-10-11-27(22(19)23(26)27)12-13-29-16-6-5-7-17(29)15-18(14-16)30-21-9-4-3-8-20(21)28-24(25(30)31)35(32,33)34/h3-4,8-9,16-19,22-23H,5-7,10-15H2,1-2H3,(H2,32,33,34)/t16-,17+,18?,19-,22?,23+,27+/m0/s1. The summed E-state index contributed by atoms with van der Waals surface area (Å²) in [5.74, 6) is 2.88. The van der Waals surface area contributed by atoms with Crippen LogP contribution in [0.1, 0.15) is 71.3 Å². The molecule has 3 heterocycles. The summed E-state index contributed by atoms with van der Waals surface area (Å²) in [6, 6.07) is 8.06. The van der Waals surface area contributed by atoms with Gasteiger partial charge in [-0.05, 0) is 92.2 Å². The van der Waals surface area contributed by atoms with Gasteiger partial charge in [0, 0.05) is 18.1 Å². The summed E-state index contributed by atoms with van der Waals surface area (Å²) >= 11 is 0. The van der Waals surface area contributed by atoms with Crippen molar-refractivity contribution < 1.29 is 14.4 Å². The summed E-state index contributed by atoms with van der Waals surface area (Å²) in [7, 11) is -4.77. The van der Waals surface area contributed by atoms with Crippen LogP contribution in [0, 0.1) is 28.6 Å². The van der Waals surface area contributed by atoms with Crippen molar-refractivity contribution in [3.05, 3.63) is 34.6 Å². The van der Waals surface area contributed by atoms with Crippen molar-refractivity contribution >= 4 is 24.1 Å². The fourth-order valence-corrected chi connectivity index (χ4v) is 10.3. The van der Waals surface area contributed by atoms with Crippen LogP contribution in [0.4, 0.5) is 0 Å². The second-order valence-corrected chi connectivity index (χ2v) is 14.2. The molecule has 1 aromatic heterocycles. The Balaban J connectivity index is 1.17. The van der Waals surface area contributed by atoms with E-state index in [-0.39, 0.29) is 6.04 Å². The van der Waals surface area contributed by atoms with Crippen LogP contribution in [0.15, 0.2) is 29.1 Å². The third-order valence-corrected chi connectivity index (χ3v) is 11.8. The van der Waals surface area contributed by atoms with E-state index in [1.54, 1.807) is 16.7 Å². The fourth-order valence-electron chi connectivity index (χ4n) is 9.74. The molecule has 7 rings (SSSR count). The second kappa shape index (κ2) is 7.28. The van der Waals surface area contributed by atoms with Gasteiger partial charge in [-0.3, -0.25) is 14.3 Å². The maximum absolute atomic E-state index is 13.4. The first kappa shape index (κ1) is 22.7. The van der Waals surface area contributed by atoms with Crippen LogP contribution < -0.4 is 11.0 Å². The highest BCUT2D eigenvalue weighted by Gasteiger charge is 2.83. The number of benzene rings is 1. The molecule has 188 valence electrons. The maximum Gasteiger partial charge on any atom is 0.380 e. The van der Waals surface area contributed by atoms with Gasteiger partial charge in [0.2, 0.25) is 5.44 Å². The molecule has 7 nitrogen and oxygen atoms in total. The summed E-state index contributed by atoms with van der Waals surface area (Å²) in [5.41, 5.74) is 1.06. The van der Waals surface area contributed by atoms with E-state index in [4.69, 9.17) is 0 Å². The molecule has 3 aliphatic carbocycles. The Morgan fingerprint density at radius 1 is 1.09 bits per heavy atom. The van der Waals surface area contributed by atoms with Gasteiger partial charge in [0.25, 0.3) is 5.56 Å².